The Bertz CT molecular complexity index is 297. The molecule has 0 atom stereocenters. The average molecular weight is 190 g/mol. The SMILES string of the molecule is CC(C)=CN(c1ccccc1)N(C)C. The first-order valence-electron chi connectivity index (χ1n) is 4.78. The van der Waals surface area contributed by atoms with Crippen LogP contribution < -0.4 is 5.01 Å². The fraction of sp³-hybridized carbons (Fsp3) is 0.333. The van der Waals surface area contributed by atoms with Crippen molar-refractivity contribution in [2.24, 2.45) is 0 Å². The maximum atomic E-state index is 2.12. The maximum absolute atomic E-state index is 2.12. The Kier molecular flexibility index (Phi) is 3.72. The highest BCUT2D eigenvalue weighted by Gasteiger charge is 2.04. The zero-order valence-corrected chi connectivity index (χ0v) is 9.36. The summed E-state index contributed by atoms with van der Waals surface area (Å²) in [5, 5.41) is 4.18. The van der Waals surface area contributed by atoms with Gasteiger partial charge < -0.3 is 0 Å². The first-order valence-corrected chi connectivity index (χ1v) is 4.78. The second kappa shape index (κ2) is 4.82. The van der Waals surface area contributed by atoms with Crippen LogP contribution >= 0.6 is 0 Å². The number of hydrogen-bond acceptors (Lipinski definition) is 2. The summed E-state index contributed by atoms with van der Waals surface area (Å²) < 4.78 is 0. The molecule has 0 heterocycles. The lowest BCUT2D eigenvalue weighted by molar-refractivity contribution is 0.412. The quantitative estimate of drug-likeness (QED) is 0.676. The molecule has 2 nitrogen and oxygen atoms in total. The summed E-state index contributed by atoms with van der Waals surface area (Å²) in [5.74, 6) is 0. The van der Waals surface area contributed by atoms with Gasteiger partial charge in [0.2, 0.25) is 0 Å². The summed E-state index contributed by atoms with van der Waals surface area (Å²) in [6, 6.07) is 10.3. The van der Waals surface area contributed by atoms with E-state index < -0.39 is 0 Å². The van der Waals surface area contributed by atoms with E-state index >= 15 is 0 Å². The number of hydrazine groups is 1. The monoisotopic (exact) mass is 190 g/mol. The molecule has 0 amide bonds. The van der Waals surface area contributed by atoms with E-state index in [0.29, 0.717) is 0 Å². The molecule has 0 N–H and O–H groups in total. The average Bonchev–Trinajstić information content (AvgIpc) is 2.15. The largest absolute Gasteiger partial charge is 0.282 e. The highest BCUT2D eigenvalue weighted by molar-refractivity contribution is 5.47. The molecule has 0 saturated heterocycles. The van der Waals surface area contributed by atoms with Crippen molar-refractivity contribution in [3.63, 3.8) is 0 Å². The maximum Gasteiger partial charge on any atom is 0.0572 e. The molecular formula is C12H18N2. The van der Waals surface area contributed by atoms with Crippen LogP contribution in [0.2, 0.25) is 0 Å². The van der Waals surface area contributed by atoms with Gasteiger partial charge in [0.25, 0.3) is 0 Å². The van der Waals surface area contributed by atoms with Crippen LogP contribution in [-0.2, 0) is 0 Å². The van der Waals surface area contributed by atoms with Gasteiger partial charge in [-0.05, 0) is 26.0 Å². The zero-order valence-electron chi connectivity index (χ0n) is 9.36. The molecule has 0 radical (unpaired) electrons. The second-order valence-electron chi connectivity index (χ2n) is 3.73. The van der Waals surface area contributed by atoms with Crippen LogP contribution in [0, 0.1) is 0 Å². The van der Waals surface area contributed by atoms with E-state index in [2.05, 4.69) is 42.2 Å². The van der Waals surface area contributed by atoms with Crippen LogP contribution in [0.4, 0.5) is 5.69 Å². The Balaban J connectivity index is 2.95. The number of allylic oxidation sites excluding steroid dienone is 1. The predicted octanol–water partition coefficient (Wildman–Crippen LogP) is 2.89. The highest BCUT2D eigenvalue weighted by atomic mass is 15.6. The molecule has 0 aliphatic rings. The lowest BCUT2D eigenvalue weighted by Crippen LogP contribution is -2.32. The zero-order chi connectivity index (χ0) is 10.6. The molecule has 0 aromatic heterocycles. The van der Waals surface area contributed by atoms with Gasteiger partial charge in [0.1, 0.15) is 0 Å². The molecule has 0 saturated carbocycles. The van der Waals surface area contributed by atoms with Crippen molar-refractivity contribution in [2.45, 2.75) is 13.8 Å². The van der Waals surface area contributed by atoms with Gasteiger partial charge in [-0.25, -0.2) is 5.01 Å². The molecule has 0 spiro atoms. The summed E-state index contributed by atoms with van der Waals surface area (Å²) in [6.07, 6.45) is 2.12. The molecule has 1 aromatic rings. The van der Waals surface area contributed by atoms with E-state index in [4.69, 9.17) is 0 Å². The summed E-state index contributed by atoms with van der Waals surface area (Å²) in [7, 11) is 4.07. The van der Waals surface area contributed by atoms with E-state index in [0.717, 1.165) is 0 Å². The molecule has 0 unspecified atom stereocenters. The molecule has 0 aliphatic heterocycles. The lowest BCUT2D eigenvalue weighted by Gasteiger charge is -2.28. The van der Waals surface area contributed by atoms with Gasteiger partial charge >= 0.3 is 0 Å². The Morgan fingerprint density at radius 2 is 1.64 bits per heavy atom. The minimum absolute atomic E-state index is 1.18. The van der Waals surface area contributed by atoms with Gasteiger partial charge in [0.15, 0.2) is 0 Å². The van der Waals surface area contributed by atoms with Crippen LogP contribution in [0.15, 0.2) is 42.1 Å². The second-order valence-corrected chi connectivity index (χ2v) is 3.73. The van der Waals surface area contributed by atoms with Crippen molar-refractivity contribution in [1.29, 1.82) is 0 Å². The molecule has 76 valence electrons. The summed E-state index contributed by atoms with van der Waals surface area (Å²) in [5.41, 5.74) is 2.46. The van der Waals surface area contributed by atoms with E-state index in [1.54, 1.807) is 0 Å². The van der Waals surface area contributed by atoms with Gasteiger partial charge in [0, 0.05) is 20.3 Å². The summed E-state index contributed by atoms with van der Waals surface area (Å²) in [6.45, 7) is 4.19. The number of nitrogens with zero attached hydrogens (tertiary/aromatic N) is 2. The van der Waals surface area contributed by atoms with Gasteiger partial charge in [-0.2, -0.15) is 0 Å². The molecule has 0 bridgehead atoms. The first kappa shape index (κ1) is 10.8. The van der Waals surface area contributed by atoms with Crippen molar-refractivity contribution in [1.82, 2.24) is 5.01 Å². The van der Waals surface area contributed by atoms with Crippen LogP contribution in [0.3, 0.4) is 0 Å². The van der Waals surface area contributed by atoms with Crippen molar-refractivity contribution in [2.75, 3.05) is 19.1 Å². The summed E-state index contributed by atoms with van der Waals surface area (Å²) in [4.78, 5) is 0. The predicted molar refractivity (Wildman–Crippen MR) is 62.0 cm³/mol. The van der Waals surface area contributed by atoms with Crippen molar-refractivity contribution in [3.05, 3.63) is 42.1 Å². The Morgan fingerprint density at radius 3 is 2.07 bits per heavy atom. The Morgan fingerprint density at radius 1 is 1.07 bits per heavy atom. The molecule has 1 aromatic carbocycles. The minimum atomic E-state index is 1.18. The van der Waals surface area contributed by atoms with Gasteiger partial charge in [0.05, 0.1) is 5.69 Å². The van der Waals surface area contributed by atoms with Crippen molar-refractivity contribution >= 4 is 5.69 Å². The van der Waals surface area contributed by atoms with Crippen LogP contribution in [-0.4, -0.2) is 19.1 Å². The van der Waals surface area contributed by atoms with Crippen molar-refractivity contribution in [3.8, 4) is 0 Å². The fourth-order valence-electron chi connectivity index (χ4n) is 1.25. The van der Waals surface area contributed by atoms with Crippen molar-refractivity contribution < 1.29 is 0 Å². The van der Waals surface area contributed by atoms with Gasteiger partial charge in [-0.15, -0.1) is 0 Å². The van der Waals surface area contributed by atoms with Gasteiger partial charge in [-0.3, -0.25) is 5.01 Å². The third kappa shape index (κ3) is 2.89. The molecule has 0 aliphatic carbocycles. The standard InChI is InChI=1S/C12H18N2/c1-11(2)10-14(13(3)4)12-8-6-5-7-9-12/h5-10H,1-4H3. The minimum Gasteiger partial charge on any atom is -0.282 e. The molecule has 0 fully saturated rings. The lowest BCUT2D eigenvalue weighted by atomic mass is 10.3. The number of rotatable bonds is 3. The van der Waals surface area contributed by atoms with Crippen LogP contribution in [0.25, 0.3) is 0 Å². The Labute approximate surface area is 86.4 Å². The van der Waals surface area contributed by atoms with Crippen LogP contribution in [0.5, 0.6) is 0 Å². The Hall–Kier alpha value is -1.28. The number of hydrogen-bond donors (Lipinski definition) is 0. The van der Waals surface area contributed by atoms with Gasteiger partial charge in [-0.1, -0.05) is 23.8 Å². The van der Waals surface area contributed by atoms with E-state index in [1.807, 2.05) is 32.3 Å². The highest BCUT2D eigenvalue weighted by Crippen LogP contribution is 2.15. The smallest absolute Gasteiger partial charge is 0.0572 e. The van der Waals surface area contributed by atoms with Crippen LogP contribution in [0.1, 0.15) is 13.8 Å². The van der Waals surface area contributed by atoms with E-state index in [-0.39, 0.29) is 0 Å². The third-order valence-electron chi connectivity index (χ3n) is 1.83. The normalized spacial score (nSPS) is 10.1. The first-order chi connectivity index (χ1) is 6.61. The number of benzene rings is 1. The molecule has 2 heteroatoms. The molecule has 14 heavy (non-hydrogen) atoms. The summed E-state index contributed by atoms with van der Waals surface area (Å²) >= 11 is 0. The number of anilines is 1. The fourth-order valence-corrected chi connectivity index (χ4v) is 1.25. The topological polar surface area (TPSA) is 6.48 Å². The molecule has 1 rings (SSSR count). The number of para-hydroxylation sites is 1. The molecular weight excluding hydrogens is 172 g/mol. The third-order valence-corrected chi connectivity index (χ3v) is 1.83. The van der Waals surface area contributed by atoms with E-state index in [1.165, 1.54) is 11.3 Å². The van der Waals surface area contributed by atoms with E-state index in [9.17, 15) is 0 Å².